The maximum Gasteiger partial charge on any atom is 0.404 e. The summed E-state index contributed by atoms with van der Waals surface area (Å²) in [5.41, 5.74) is 5.07. The van der Waals surface area contributed by atoms with Crippen molar-refractivity contribution in [1.29, 1.82) is 0 Å². The van der Waals surface area contributed by atoms with Gasteiger partial charge in [0.05, 0.1) is 0 Å². The standard InChI is InChI=1S/C13H24N2O2/c14-13(16)17-12-7-4-8-15(10-12)9-11-5-2-1-3-6-11/h11-12H,1-10H2,(H2,14,16). The predicted octanol–water partition coefficient (Wildman–Crippen LogP) is 2.13. The van der Waals surface area contributed by atoms with E-state index in [1.54, 1.807) is 0 Å². The van der Waals surface area contributed by atoms with Crippen molar-refractivity contribution in [1.82, 2.24) is 4.90 Å². The summed E-state index contributed by atoms with van der Waals surface area (Å²) in [5.74, 6) is 0.857. The van der Waals surface area contributed by atoms with E-state index in [1.807, 2.05) is 0 Å². The van der Waals surface area contributed by atoms with E-state index in [2.05, 4.69) is 4.90 Å². The number of amides is 1. The van der Waals surface area contributed by atoms with Gasteiger partial charge < -0.3 is 10.5 Å². The van der Waals surface area contributed by atoms with Crippen molar-refractivity contribution < 1.29 is 9.53 Å². The van der Waals surface area contributed by atoms with Crippen molar-refractivity contribution in [2.24, 2.45) is 11.7 Å². The molecule has 1 atom stereocenters. The summed E-state index contributed by atoms with van der Waals surface area (Å²) in [7, 11) is 0. The maximum atomic E-state index is 10.7. The number of carbonyl (C=O) groups is 1. The van der Waals surface area contributed by atoms with Gasteiger partial charge >= 0.3 is 6.09 Å². The zero-order valence-electron chi connectivity index (χ0n) is 10.6. The molecule has 0 aromatic heterocycles. The zero-order chi connectivity index (χ0) is 12.1. The molecule has 2 fully saturated rings. The van der Waals surface area contributed by atoms with Crippen LogP contribution < -0.4 is 5.73 Å². The van der Waals surface area contributed by atoms with Crippen LogP contribution in [0.15, 0.2) is 0 Å². The molecule has 0 aromatic rings. The molecule has 1 amide bonds. The first-order valence-corrected chi connectivity index (χ1v) is 6.92. The van der Waals surface area contributed by atoms with Gasteiger partial charge in [0, 0.05) is 13.1 Å². The lowest BCUT2D eigenvalue weighted by Crippen LogP contribution is -2.43. The Morgan fingerprint density at radius 1 is 1.18 bits per heavy atom. The van der Waals surface area contributed by atoms with Gasteiger partial charge in [-0.15, -0.1) is 0 Å². The molecule has 98 valence electrons. The third kappa shape index (κ3) is 4.19. The second-order valence-corrected chi connectivity index (χ2v) is 5.46. The van der Waals surface area contributed by atoms with Gasteiger partial charge in [-0.25, -0.2) is 4.79 Å². The van der Waals surface area contributed by atoms with Crippen molar-refractivity contribution in [3.8, 4) is 0 Å². The van der Waals surface area contributed by atoms with Crippen LogP contribution in [-0.2, 0) is 4.74 Å². The van der Waals surface area contributed by atoms with Gasteiger partial charge in [0.15, 0.2) is 0 Å². The Kier molecular flexibility index (Phi) is 4.66. The lowest BCUT2D eigenvalue weighted by atomic mass is 9.88. The minimum absolute atomic E-state index is 0.0184. The van der Waals surface area contributed by atoms with Gasteiger partial charge in [-0.2, -0.15) is 0 Å². The second-order valence-electron chi connectivity index (χ2n) is 5.46. The average Bonchev–Trinajstić information content (AvgIpc) is 2.30. The first-order chi connectivity index (χ1) is 8.24. The highest BCUT2D eigenvalue weighted by molar-refractivity contribution is 5.64. The van der Waals surface area contributed by atoms with Gasteiger partial charge in [0.1, 0.15) is 6.10 Å². The van der Waals surface area contributed by atoms with E-state index >= 15 is 0 Å². The van der Waals surface area contributed by atoms with E-state index in [9.17, 15) is 4.79 Å². The Hall–Kier alpha value is -0.770. The molecule has 1 aliphatic heterocycles. The van der Waals surface area contributed by atoms with Gasteiger partial charge in [-0.1, -0.05) is 19.3 Å². The van der Waals surface area contributed by atoms with Gasteiger partial charge in [-0.3, -0.25) is 4.90 Å². The van der Waals surface area contributed by atoms with Crippen LogP contribution in [0.4, 0.5) is 4.79 Å². The van der Waals surface area contributed by atoms with Crippen LogP contribution in [-0.4, -0.2) is 36.7 Å². The molecule has 1 unspecified atom stereocenters. The summed E-state index contributed by atoms with van der Waals surface area (Å²) in [6.45, 7) is 3.20. The molecule has 2 N–H and O–H groups in total. The largest absolute Gasteiger partial charge is 0.445 e. The molecule has 1 aliphatic carbocycles. The Bertz CT molecular complexity index is 252. The number of carbonyl (C=O) groups excluding carboxylic acids is 1. The summed E-state index contributed by atoms with van der Waals surface area (Å²) in [4.78, 5) is 13.2. The fourth-order valence-corrected chi connectivity index (χ4v) is 3.17. The minimum Gasteiger partial charge on any atom is -0.445 e. The molecule has 1 saturated heterocycles. The average molecular weight is 240 g/mol. The Morgan fingerprint density at radius 3 is 2.65 bits per heavy atom. The summed E-state index contributed by atoms with van der Waals surface area (Å²) in [5, 5.41) is 0. The number of rotatable bonds is 3. The molecule has 0 bridgehead atoms. The third-order valence-electron chi connectivity index (χ3n) is 3.99. The van der Waals surface area contributed by atoms with Crippen LogP contribution in [0.5, 0.6) is 0 Å². The highest BCUT2D eigenvalue weighted by atomic mass is 16.6. The zero-order valence-corrected chi connectivity index (χ0v) is 10.6. The lowest BCUT2D eigenvalue weighted by Gasteiger charge is -2.35. The molecule has 4 nitrogen and oxygen atoms in total. The molecule has 4 heteroatoms. The van der Waals surface area contributed by atoms with Crippen LogP contribution in [0.25, 0.3) is 0 Å². The summed E-state index contributed by atoms with van der Waals surface area (Å²) >= 11 is 0. The van der Waals surface area contributed by atoms with Gasteiger partial charge in [0.2, 0.25) is 0 Å². The van der Waals surface area contributed by atoms with Crippen molar-refractivity contribution in [2.45, 2.75) is 51.0 Å². The first-order valence-electron chi connectivity index (χ1n) is 6.92. The fraction of sp³-hybridized carbons (Fsp3) is 0.923. The molecule has 0 radical (unpaired) electrons. The topological polar surface area (TPSA) is 55.6 Å². The third-order valence-corrected chi connectivity index (χ3v) is 3.99. The SMILES string of the molecule is NC(=O)OC1CCCN(CC2CCCCC2)C1. The lowest BCUT2D eigenvalue weighted by molar-refractivity contribution is 0.0393. The first kappa shape index (κ1) is 12.7. The number of nitrogens with two attached hydrogens (primary N) is 1. The Morgan fingerprint density at radius 2 is 1.94 bits per heavy atom. The van der Waals surface area contributed by atoms with Crippen molar-refractivity contribution >= 4 is 6.09 Å². The van der Waals surface area contributed by atoms with E-state index in [4.69, 9.17) is 10.5 Å². The Labute approximate surface area is 103 Å². The van der Waals surface area contributed by atoms with E-state index < -0.39 is 6.09 Å². The van der Waals surface area contributed by atoms with E-state index in [0.717, 1.165) is 31.8 Å². The Balaban J connectivity index is 1.74. The van der Waals surface area contributed by atoms with Crippen LogP contribution >= 0.6 is 0 Å². The smallest absolute Gasteiger partial charge is 0.404 e. The molecule has 1 saturated carbocycles. The van der Waals surface area contributed by atoms with Crippen LogP contribution in [0.1, 0.15) is 44.9 Å². The maximum absolute atomic E-state index is 10.7. The molecule has 17 heavy (non-hydrogen) atoms. The molecule has 0 aromatic carbocycles. The molecule has 2 aliphatic rings. The number of likely N-dealkylation sites (tertiary alicyclic amines) is 1. The van der Waals surface area contributed by atoms with Crippen LogP contribution in [0.3, 0.4) is 0 Å². The van der Waals surface area contributed by atoms with E-state index in [1.165, 1.54) is 38.6 Å². The van der Waals surface area contributed by atoms with Gasteiger partial charge in [-0.05, 0) is 38.1 Å². The van der Waals surface area contributed by atoms with Crippen LogP contribution in [0.2, 0.25) is 0 Å². The quantitative estimate of drug-likeness (QED) is 0.822. The predicted molar refractivity (Wildman–Crippen MR) is 66.7 cm³/mol. The van der Waals surface area contributed by atoms with E-state index in [0.29, 0.717) is 0 Å². The van der Waals surface area contributed by atoms with Gasteiger partial charge in [0.25, 0.3) is 0 Å². The van der Waals surface area contributed by atoms with E-state index in [-0.39, 0.29) is 6.10 Å². The summed E-state index contributed by atoms with van der Waals surface area (Å²) in [6.07, 6.45) is 8.40. The number of primary amides is 1. The van der Waals surface area contributed by atoms with Crippen molar-refractivity contribution in [3.63, 3.8) is 0 Å². The highest BCUT2D eigenvalue weighted by Gasteiger charge is 2.24. The fourth-order valence-electron chi connectivity index (χ4n) is 3.17. The number of hydrogen-bond donors (Lipinski definition) is 1. The molecule has 2 rings (SSSR count). The van der Waals surface area contributed by atoms with Crippen LogP contribution in [0, 0.1) is 5.92 Å². The highest BCUT2D eigenvalue weighted by Crippen LogP contribution is 2.25. The molecular weight excluding hydrogens is 216 g/mol. The molecule has 1 heterocycles. The minimum atomic E-state index is -0.630. The second kappa shape index (κ2) is 6.24. The number of hydrogen-bond acceptors (Lipinski definition) is 3. The number of nitrogens with zero attached hydrogens (tertiary/aromatic N) is 1. The van der Waals surface area contributed by atoms with Crippen molar-refractivity contribution in [3.05, 3.63) is 0 Å². The van der Waals surface area contributed by atoms with Crippen molar-refractivity contribution in [2.75, 3.05) is 19.6 Å². The monoisotopic (exact) mass is 240 g/mol. The normalized spacial score (nSPS) is 27.9. The molecular formula is C13H24N2O2. The summed E-state index contributed by atoms with van der Waals surface area (Å²) < 4.78 is 5.11. The number of ether oxygens (including phenoxy) is 1. The summed E-state index contributed by atoms with van der Waals surface area (Å²) in [6, 6.07) is 0. The number of piperidine rings is 1. The molecule has 0 spiro atoms.